The van der Waals surface area contributed by atoms with Crippen LogP contribution < -0.4 is 0 Å². The van der Waals surface area contributed by atoms with Crippen LogP contribution in [0.5, 0.6) is 11.5 Å². The van der Waals surface area contributed by atoms with Crippen molar-refractivity contribution in [2.24, 2.45) is 5.16 Å². The molecule has 0 saturated heterocycles. The van der Waals surface area contributed by atoms with E-state index >= 15 is 0 Å². The Morgan fingerprint density at radius 2 is 1.85 bits per heavy atom. The highest BCUT2D eigenvalue weighted by Crippen LogP contribution is 2.60. The molecule has 27 heavy (non-hydrogen) atoms. The molecule has 3 aliphatic carbocycles. The van der Waals surface area contributed by atoms with E-state index in [0.29, 0.717) is 29.7 Å². The highest BCUT2D eigenvalue weighted by molar-refractivity contribution is 6.15. The Labute approximate surface area is 155 Å². The van der Waals surface area contributed by atoms with Crippen molar-refractivity contribution < 1.29 is 25.3 Å². The molecule has 0 bridgehead atoms. The Hall–Kier alpha value is -2.83. The second-order valence-electron chi connectivity index (χ2n) is 7.22. The smallest absolute Gasteiger partial charge is 0.125 e. The molecule has 2 aromatic rings. The zero-order chi connectivity index (χ0) is 18.9. The van der Waals surface area contributed by atoms with Gasteiger partial charge in [0.2, 0.25) is 0 Å². The van der Waals surface area contributed by atoms with Crippen molar-refractivity contribution in [1.82, 2.24) is 0 Å². The van der Waals surface area contributed by atoms with E-state index in [1.807, 2.05) is 12.1 Å². The summed E-state index contributed by atoms with van der Waals surface area (Å²) in [7, 11) is 1.55. The van der Waals surface area contributed by atoms with Gasteiger partial charge in [-0.1, -0.05) is 23.4 Å². The number of phenols is 2. The summed E-state index contributed by atoms with van der Waals surface area (Å²) in [6.07, 6.45) is -0.394. The predicted molar refractivity (Wildman–Crippen MR) is 99.1 cm³/mol. The molecule has 0 radical (unpaired) electrons. The number of fused-ring (bicyclic) bond motifs is 4. The SMILES string of the molecule is COC1C(O)c2c(O)cccc2C2=C3CC/C(=N\O)c4c(O)ccc(c43)C21. The third-order valence-electron chi connectivity index (χ3n) is 6.09. The van der Waals surface area contributed by atoms with Gasteiger partial charge in [0, 0.05) is 24.2 Å². The van der Waals surface area contributed by atoms with Gasteiger partial charge >= 0.3 is 0 Å². The fourth-order valence-electron chi connectivity index (χ4n) is 5.07. The number of aromatic hydroxyl groups is 2. The van der Waals surface area contributed by atoms with Gasteiger partial charge in [0.25, 0.3) is 0 Å². The van der Waals surface area contributed by atoms with Crippen LogP contribution in [0.15, 0.2) is 35.5 Å². The van der Waals surface area contributed by atoms with Crippen LogP contribution in [0.25, 0.3) is 11.1 Å². The van der Waals surface area contributed by atoms with Crippen molar-refractivity contribution in [3.8, 4) is 11.5 Å². The molecule has 5 rings (SSSR count). The Morgan fingerprint density at radius 1 is 1.04 bits per heavy atom. The van der Waals surface area contributed by atoms with Crippen LogP contribution in [0.1, 0.15) is 52.7 Å². The first kappa shape index (κ1) is 16.4. The summed E-state index contributed by atoms with van der Waals surface area (Å²) < 4.78 is 5.69. The van der Waals surface area contributed by atoms with E-state index in [0.717, 1.165) is 27.8 Å². The number of hydrogen-bond donors (Lipinski definition) is 4. The minimum Gasteiger partial charge on any atom is -0.508 e. The van der Waals surface area contributed by atoms with Crippen molar-refractivity contribution in [3.05, 3.63) is 58.1 Å². The number of allylic oxidation sites excluding steroid dienone is 1. The molecule has 6 nitrogen and oxygen atoms in total. The van der Waals surface area contributed by atoms with Crippen molar-refractivity contribution in [2.45, 2.75) is 31.0 Å². The Bertz CT molecular complexity index is 1040. The van der Waals surface area contributed by atoms with Gasteiger partial charge in [-0.25, -0.2) is 0 Å². The number of aliphatic hydroxyl groups excluding tert-OH is 1. The summed E-state index contributed by atoms with van der Waals surface area (Å²) in [6, 6.07) is 8.68. The van der Waals surface area contributed by atoms with E-state index in [2.05, 4.69) is 5.16 Å². The van der Waals surface area contributed by atoms with E-state index in [9.17, 15) is 20.5 Å². The predicted octanol–water partition coefficient (Wildman–Crippen LogP) is 3.14. The molecule has 0 amide bonds. The number of ether oxygens (including phenoxy) is 1. The Kier molecular flexibility index (Phi) is 3.38. The summed E-state index contributed by atoms with van der Waals surface area (Å²) in [5.74, 6) is -0.105. The summed E-state index contributed by atoms with van der Waals surface area (Å²) >= 11 is 0. The maximum atomic E-state index is 11.0. The van der Waals surface area contributed by atoms with Gasteiger partial charge < -0.3 is 25.3 Å². The van der Waals surface area contributed by atoms with Crippen LogP contribution in [0.4, 0.5) is 0 Å². The number of hydrogen-bond acceptors (Lipinski definition) is 6. The van der Waals surface area contributed by atoms with Gasteiger partial charge in [0.1, 0.15) is 17.6 Å². The molecule has 3 aliphatic rings. The van der Waals surface area contributed by atoms with Gasteiger partial charge in [-0.05, 0) is 52.8 Å². The van der Waals surface area contributed by atoms with Gasteiger partial charge in [0.05, 0.1) is 11.8 Å². The quantitative estimate of drug-likeness (QED) is 0.459. The third-order valence-corrected chi connectivity index (χ3v) is 6.09. The molecule has 4 N–H and O–H groups in total. The lowest BCUT2D eigenvalue weighted by Gasteiger charge is -2.37. The first-order chi connectivity index (χ1) is 13.1. The lowest BCUT2D eigenvalue weighted by atomic mass is 9.74. The van der Waals surface area contributed by atoms with Crippen LogP contribution in [-0.4, -0.2) is 39.5 Å². The number of aliphatic hydroxyl groups is 1. The summed E-state index contributed by atoms with van der Waals surface area (Å²) in [5, 5.41) is 44.6. The minimum absolute atomic E-state index is 0.0426. The number of oxime groups is 1. The molecule has 2 aromatic carbocycles. The Morgan fingerprint density at radius 3 is 2.59 bits per heavy atom. The fourth-order valence-corrected chi connectivity index (χ4v) is 5.07. The topological polar surface area (TPSA) is 103 Å². The molecular weight excluding hydrogens is 346 g/mol. The number of rotatable bonds is 1. The van der Waals surface area contributed by atoms with Gasteiger partial charge in [-0.2, -0.15) is 0 Å². The molecule has 0 aliphatic heterocycles. The molecule has 138 valence electrons. The van der Waals surface area contributed by atoms with Crippen molar-refractivity contribution in [1.29, 1.82) is 0 Å². The third kappa shape index (κ3) is 1.94. The largest absolute Gasteiger partial charge is 0.508 e. The minimum atomic E-state index is -0.976. The summed E-state index contributed by atoms with van der Waals surface area (Å²) in [5.41, 5.74) is 6.14. The summed E-state index contributed by atoms with van der Waals surface area (Å²) in [6.45, 7) is 0. The average molecular weight is 365 g/mol. The van der Waals surface area contributed by atoms with Crippen molar-refractivity contribution >= 4 is 16.9 Å². The summed E-state index contributed by atoms with van der Waals surface area (Å²) in [4.78, 5) is 0. The van der Waals surface area contributed by atoms with Crippen molar-refractivity contribution in [3.63, 3.8) is 0 Å². The zero-order valence-corrected chi connectivity index (χ0v) is 14.7. The maximum absolute atomic E-state index is 11.0. The number of methoxy groups -OCH3 is 1. The molecule has 0 spiro atoms. The first-order valence-corrected chi connectivity index (χ1v) is 8.92. The number of phenolic OH excluding ortho intramolecular Hbond substituents is 2. The standard InChI is InChI=1S/C21H19NO5/c1-27-21-18-11-6-8-14(24)19-12(22-26)7-5-10(16(11)19)15(18)9-3-2-4-13(23)17(9)20(21)25/h2-4,6,8,18,20-21,23-26H,5,7H2,1H3/b22-12+. The molecule has 3 unspecified atom stereocenters. The lowest BCUT2D eigenvalue weighted by Crippen LogP contribution is -2.33. The van der Waals surface area contributed by atoms with Crippen LogP contribution in [-0.2, 0) is 4.74 Å². The maximum Gasteiger partial charge on any atom is 0.125 e. The fraction of sp³-hybridized carbons (Fsp3) is 0.286. The molecule has 3 atom stereocenters. The molecule has 6 heteroatoms. The lowest BCUT2D eigenvalue weighted by molar-refractivity contribution is -0.0234. The molecule has 0 fully saturated rings. The number of benzene rings is 2. The first-order valence-electron chi connectivity index (χ1n) is 8.92. The van der Waals surface area contributed by atoms with Crippen LogP contribution in [0, 0.1) is 0 Å². The molecule has 0 heterocycles. The van der Waals surface area contributed by atoms with E-state index in [1.165, 1.54) is 0 Å². The van der Waals surface area contributed by atoms with Crippen LogP contribution in [0.2, 0.25) is 0 Å². The molecule has 0 saturated carbocycles. The average Bonchev–Trinajstić information content (AvgIpc) is 3.00. The molecular formula is C21H19NO5. The Balaban J connectivity index is 1.89. The second kappa shape index (κ2) is 5.58. The monoisotopic (exact) mass is 365 g/mol. The van der Waals surface area contributed by atoms with Gasteiger partial charge in [-0.3, -0.25) is 0 Å². The van der Waals surface area contributed by atoms with E-state index in [4.69, 9.17) is 4.74 Å². The highest BCUT2D eigenvalue weighted by atomic mass is 16.5. The van der Waals surface area contributed by atoms with Crippen LogP contribution in [0.3, 0.4) is 0 Å². The van der Waals surface area contributed by atoms with Crippen LogP contribution >= 0.6 is 0 Å². The second-order valence-corrected chi connectivity index (χ2v) is 7.22. The van der Waals surface area contributed by atoms with E-state index in [1.54, 1.807) is 25.3 Å². The van der Waals surface area contributed by atoms with Gasteiger partial charge in [0.15, 0.2) is 0 Å². The zero-order valence-electron chi connectivity index (χ0n) is 14.7. The number of nitrogens with zero attached hydrogens (tertiary/aromatic N) is 1. The van der Waals surface area contributed by atoms with E-state index in [-0.39, 0.29) is 17.4 Å². The van der Waals surface area contributed by atoms with Gasteiger partial charge in [-0.15, -0.1) is 0 Å². The molecule has 0 aromatic heterocycles. The van der Waals surface area contributed by atoms with Crippen molar-refractivity contribution in [2.75, 3.05) is 7.11 Å². The highest BCUT2D eigenvalue weighted by Gasteiger charge is 2.48. The normalized spacial score (nSPS) is 26.7. The van der Waals surface area contributed by atoms with E-state index < -0.39 is 12.2 Å².